The summed E-state index contributed by atoms with van der Waals surface area (Å²) in [5, 5.41) is 12.4. The minimum Gasteiger partial charge on any atom is -0.481 e. The largest absolute Gasteiger partial charge is 0.481 e. The molecule has 7 nitrogen and oxygen atoms in total. The summed E-state index contributed by atoms with van der Waals surface area (Å²) >= 11 is 0. The van der Waals surface area contributed by atoms with E-state index >= 15 is 0 Å². The van der Waals surface area contributed by atoms with Gasteiger partial charge in [0.2, 0.25) is 0 Å². The normalized spacial score (nSPS) is 19.0. The Kier molecular flexibility index (Phi) is 5.84. The first-order valence-electron chi connectivity index (χ1n) is 11.7. The van der Waals surface area contributed by atoms with Gasteiger partial charge >= 0.3 is 12.1 Å². The average molecular weight is 470 g/mol. The average Bonchev–Trinajstić information content (AvgIpc) is 3.40. The molecule has 1 atom stereocenters. The van der Waals surface area contributed by atoms with Gasteiger partial charge in [0.05, 0.1) is 29.1 Å². The Morgan fingerprint density at radius 3 is 2.40 bits per heavy atom. The number of carbonyl (C=O) groups is 2. The van der Waals surface area contributed by atoms with Crippen molar-refractivity contribution in [2.45, 2.75) is 39.2 Å². The number of hydrogen-bond donors (Lipinski definition) is 2. The maximum absolute atomic E-state index is 12.6. The lowest BCUT2D eigenvalue weighted by atomic mass is 9.91. The molecule has 2 aromatic rings. The molecule has 1 fully saturated rings. The molecule has 2 heterocycles. The van der Waals surface area contributed by atoms with Crippen molar-refractivity contribution in [2.24, 2.45) is 15.4 Å². The number of aliphatic imine (C=N–C) groups is 2. The highest BCUT2D eigenvalue weighted by atomic mass is 16.6. The highest BCUT2D eigenvalue weighted by Gasteiger charge is 2.53. The molecule has 2 N–H and O–H groups in total. The Morgan fingerprint density at radius 2 is 1.74 bits per heavy atom. The summed E-state index contributed by atoms with van der Waals surface area (Å²) in [4.78, 5) is 33.3. The van der Waals surface area contributed by atoms with Gasteiger partial charge in [0.1, 0.15) is 6.10 Å². The van der Waals surface area contributed by atoms with Crippen LogP contribution in [0.1, 0.15) is 55.9 Å². The van der Waals surface area contributed by atoms with Crippen LogP contribution in [0.25, 0.3) is 5.57 Å². The molecule has 0 bridgehead atoms. The molecule has 7 heteroatoms. The van der Waals surface area contributed by atoms with Crippen molar-refractivity contribution in [3.05, 3.63) is 88.8 Å². The zero-order chi connectivity index (χ0) is 24.6. The molecule has 0 radical (unpaired) electrons. The van der Waals surface area contributed by atoms with E-state index in [9.17, 15) is 14.7 Å². The monoisotopic (exact) mass is 469 g/mol. The summed E-state index contributed by atoms with van der Waals surface area (Å²) < 4.78 is 5.57. The first-order valence-corrected chi connectivity index (χ1v) is 11.7. The summed E-state index contributed by atoms with van der Waals surface area (Å²) in [6.45, 7) is 4.18. The van der Waals surface area contributed by atoms with Crippen molar-refractivity contribution in [2.75, 3.05) is 6.54 Å². The smallest absolute Gasteiger partial charge is 0.412 e. The van der Waals surface area contributed by atoms with E-state index < -0.39 is 17.5 Å². The predicted molar refractivity (Wildman–Crippen MR) is 134 cm³/mol. The van der Waals surface area contributed by atoms with Gasteiger partial charge in [0.15, 0.2) is 0 Å². The molecule has 3 aliphatic rings. The zero-order valence-corrected chi connectivity index (χ0v) is 19.7. The van der Waals surface area contributed by atoms with Gasteiger partial charge < -0.3 is 9.84 Å². The molecule has 178 valence electrons. The number of benzene rings is 2. The molecule has 35 heavy (non-hydrogen) atoms. The van der Waals surface area contributed by atoms with Gasteiger partial charge in [0, 0.05) is 18.2 Å². The van der Waals surface area contributed by atoms with Crippen molar-refractivity contribution >= 4 is 29.1 Å². The Morgan fingerprint density at radius 1 is 1.06 bits per heavy atom. The van der Waals surface area contributed by atoms with E-state index in [1.54, 1.807) is 6.20 Å². The van der Waals surface area contributed by atoms with E-state index in [-0.39, 0.29) is 6.10 Å². The summed E-state index contributed by atoms with van der Waals surface area (Å²) in [5.74, 6) is -0.754. The summed E-state index contributed by atoms with van der Waals surface area (Å²) in [7, 11) is 0. The number of allylic oxidation sites excluding steroid dienone is 1. The van der Waals surface area contributed by atoms with Gasteiger partial charge in [0.25, 0.3) is 0 Å². The van der Waals surface area contributed by atoms with Gasteiger partial charge in [-0.2, -0.15) is 0 Å². The second-order valence-corrected chi connectivity index (χ2v) is 9.21. The molecule has 0 spiro atoms. The number of nitrogens with zero attached hydrogens (tertiary/aromatic N) is 2. The lowest BCUT2D eigenvalue weighted by molar-refractivity contribution is -0.141. The number of ether oxygens (including phenoxy) is 1. The number of amides is 1. The Bertz CT molecular complexity index is 1300. The van der Waals surface area contributed by atoms with E-state index in [2.05, 4.69) is 15.3 Å². The van der Waals surface area contributed by atoms with Gasteiger partial charge in [-0.1, -0.05) is 54.6 Å². The maximum Gasteiger partial charge on any atom is 0.412 e. The van der Waals surface area contributed by atoms with Crippen LogP contribution in [-0.4, -0.2) is 35.1 Å². The number of aliphatic carboxylic acids is 1. The molecular formula is C28H27N3O4. The van der Waals surface area contributed by atoms with Crippen LogP contribution in [0.2, 0.25) is 0 Å². The minimum atomic E-state index is -0.754. The molecule has 2 aliphatic heterocycles. The van der Waals surface area contributed by atoms with Crippen molar-refractivity contribution < 1.29 is 19.4 Å². The number of rotatable bonds is 7. The van der Waals surface area contributed by atoms with E-state index in [0.717, 1.165) is 39.3 Å². The molecule has 1 amide bonds. The second kappa shape index (κ2) is 8.98. The molecule has 1 unspecified atom stereocenters. The molecule has 1 saturated carbocycles. The van der Waals surface area contributed by atoms with Crippen molar-refractivity contribution in [1.82, 2.24) is 5.32 Å². The lowest BCUT2D eigenvalue weighted by Crippen LogP contribution is -2.28. The number of carbonyl (C=O) groups excluding carboxylic acids is 1. The van der Waals surface area contributed by atoms with Crippen LogP contribution < -0.4 is 5.32 Å². The van der Waals surface area contributed by atoms with Crippen molar-refractivity contribution in [1.29, 1.82) is 0 Å². The number of carboxylic acids is 1. The van der Waals surface area contributed by atoms with Gasteiger partial charge in [-0.05, 0) is 49.0 Å². The first kappa shape index (κ1) is 22.8. The summed E-state index contributed by atoms with van der Waals surface area (Å²) in [6, 6.07) is 17.5. The highest BCUT2D eigenvalue weighted by molar-refractivity contribution is 6.10. The fraction of sp³-hybridized carbons (Fsp3) is 0.286. The molecule has 0 aromatic heterocycles. The van der Waals surface area contributed by atoms with Crippen LogP contribution in [0.15, 0.2) is 82.1 Å². The molecule has 1 aliphatic carbocycles. The summed E-state index contributed by atoms with van der Waals surface area (Å²) in [6.07, 6.45) is 2.77. The van der Waals surface area contributed by atoms with Gasteiger partial charge in [-0.15, -0.1) is 0 Å². The third kappa shape index (κ3) is 4.41. The Balaban J connectivity index is 1.27. The number of nitrogens with one attached hydrogen (secondary N) is 1. The van der Waals surface area contributed by atoms with Crippen molar-refractivity contribution in [3.63, 3.8) is 0 Å². The lowest BCUT2D eigenvalue weighted by Gasteiger charge is -2.16. The first-order chi connectivity index (χ1) is 16.9. The highest BCUT2D eigenvalue weighted by Crippen LogP contribution is 2.54. The Labute approximate surface area is 204 Å². The van der Waals surface area contributed by atoms with Crippen LogP contribution in [0, 0.1) is 5.41 Å². The topological polar surface area (TPSA) is 100 Å². The molecule has 5 rings (SSSR count). The molecule has 2 aromatic carbocycles. The van der Waals surface area contributed by atoms with Crippen LogP contribution in [0.3, 0.4) is 0 Å². The fourth-order valence-electron chi connectivity index (χ4n) is 4.62. The van der Waals surface area contributed by atoms with E-state index in [0.29, 0.717) is 31.5 Å². The van der Waals surface area contributed by atoms with Crippen molar-refractivity contribution in [3.8, 4) is 0 Å². The zero-order valence-electron chi connectivity index (χ0n) is 19.7. The fourth-order valence-corrected chi connectivity index (χ4v) is 4.62. The van der Waals surface area contributed by atoms with E-state index in [1.807, 2.05) is 68.4 Å². The quantitative estimate of drug-likeness (QED) is 0.575. The van der Waals surface area contributed by atoms with Gasteiger partial charge in [-0.3, -0.25) is 20.1 Å². The van der Waals surface area contributed by atoms with Crippen LogP contribution in [0.5, 0.6) is 0 Å². The van der Waals surface area contributed by atoms with Crippen LogP contribution >= 0.6 is 0 Å². The van der Waals surface area contributed by atoms with Gasteiger partial charge in [-0.25, -0.2) is 4.79 Å². The third-order valence-corrected chi connectivity index (χ3v) is 6.99. The summed E-state index contributed by atoms with van der Waals surface area (Å²) in [5.41, 5.74) is 6.25. The second-order valence-electron chi connectivity index (χ2n) is 9.21. The van der Waals surface area contributed by atoms with E-state index in [4.69, 9.17) is 4.74 Å². The van der Waals surface area contributed by atoms with Crippen LogP contribution in [0.4, 0.5) is 4.79 Å². The number of hydrogen-bond acceptors (Lipinski definition) is 5. The van der Waals surface area contributed by atoms with E-state index in [1.165, 1.54) is 0 Å². The standard InChI is InChI=1S/C28H27N3O4/c1-17-25(31-27(34)35-18(2)19-6-4-3-5-7-19)23(16-29-17)20-8-10-21(11-9-20)24-14-22(15-30-24)28(12-13-28)26(32)33/h3-11,15,18H,12-14,16H2,1-2H3,(H,31,34)(H,32,33). The number of alkyl carbamates (subject to hydrolysis) is 1. The minimum absolute atomic E-state index is 0.375. The SMILES string of the molecule is CC1=NCC(c2ccc(C3=NC=C(C4(C(=O)O)CC4)C3)cc2)=C1NC(=O)OC(C)c1ccccc1. The predicted octanol–water partition coefficient (Wildman–Crippen LogP) is 5.30. The molecule has 0 saturated heterocycles. The van der Waals surface area contributed by atoms with Crippen LogP contribution in [-0.2, 0) is 9.53 Å². The maximum atomic E-state index is 12.6. The molecular weight excluding hydrogens is 442 g/mol. The Hall–Kier alpha value is -4.00. The third-order valence-electron chi connectivity index (χ3n) is 6.99. The number of carboxylic acid groups (broad SMARTS) is 1.